The number of halogens is 1. The number of aromatic amines is 1. The zero-order valence-electron chi connectivity index (χ0n) is 22.2. The van der Waals surface area contributed by atoms with Crippen molar-refractivity contribution in [3.63, 3.8) is 0 Å². The molecule has 2 aromatic carbocycles. The summed E-state index contributed by atoms with van der Waals surface area (Å²) in [7, 11) is 5.94. The van der Waals surface area contributed by atoms with Gasteiger partial charge in [0.15, 0.2) is 0 Å². The van der Waals surface area contributed by atoms with Crippen molar-refractivity contribution in [1.29, 1.82) is 0 Å². The highest BCUT2D eigenvalue weighted by Gasteiger charge is 2.39. The number of benzene rings is 2. The molecule has 198 valence electrons. The van der Waals surface area contributed by atoms with Gasteiger partial charge in [-0.05, 0) is 81.9 Å². The fraction of sp³-hybridized carbons (Fsp3) is 0.467. The third kappa shape index (κ3) is 6.55. The quantitative estimate of drug-likeness (QED) is 0.384. The molecule has 2 amide bonds. The highest BCUT2D eigenvalue weighted by molar-refractivity contribution is 6.30. The van der Waals surface area contributed by atoms with Gasteiger partial charge in [-0.2, -0.15) is 0 Å². The molecule has 0 aliphatic heterocycles. The van der Waals surface area contributed by atoms with E-state index in [1.165, 1.54) is 16.5 Å². The minimum Gasteiger partial charge on any atom is -0.361 e. The lowest BCUT2D eigenvalue weighted by Gasteiger charge is -2.47. The average Bonchev–Trinajstić information content (AvgIpc) is 3.31. The second kappa shape index (κ2) is 12.1. The minimum absolute atomic E-state index is 0.0365. The molecule has 7 heteroatoms. The number of hydrogen-bond donors (Lipinski definition) is 2. The van der Waals surface area contributed by atoms with Crippen LogP contribution in [0.2, 0.25) is 5.02 Å². The summed E-state index contributed by atoms with van der Waals surface area (Å²) in [6, 6.07) is 16.6. The summed E-state index contributed by atoms with van der Waals surface area (Å²) < 4.78 is 0. The molecule has 1 aromatic heterocycles. The smallest absolute Gasteiger partial charge is 0.223 e. The maximum atomic E-state index is 13.4. The van der Waals surface area contributed by atoms with Gasteiger partial charge < -0.3 is 20.1 Å². The lowest BCUT2D eigenvalue weighted by molar-refractivity contribution is -0.136. The van der Waals surface area contributed by atoms with Gasteiger partial charge in [0.1, 0.15) is 0 Å². The molecule has 0 saturated heterocycles. The lowest BCUT2D eigenvalue weighted by atomic mass is 9.74. The Bertz CT molecular complexity index is 1210. The van der Waals surface area contributed by atoms with E-state index < -0.39 is 0 Å². The number of carbonyl (C=O) groups excluding carboxylic acids is 2. The van der Waals surface area contributed by atoms with Gasteiger partial charge in [0, 0.05) is 60.1 Å². The number of fused-ring (bicyclic) bond motifs is 1. The third-order valence-corrected chi connectivity index (χ3v) is 8.39. The van der Waals surface area contributed by atoms with Gasteiger partial charge in [-0.1, -0.05) is 41.9 Å². The standard InChI is InChI=1S/C30H39ClN4O2/c1-32-28(36)11-12-29(37)35(18-15-23-21-33-27-10-5-4-9-26(23)27)25-13-16-30(17-14-25,34(2)3)20-22-7-6-8-24(31)19-22/h4-10,19,21,25,33H,11-18,20H2,1-3H3,(H,32,36). The monoisotopic (exact) mass is 522 g/mol. The van der Waals surface area contributed by atoms with Gasteiger partial charge in [0.25, 0.3) is 0 Å². The fourth-order valence-electron chi connectivity index (χ4n) is 5.84. The number of hydrogen-bond acceptors (Lipinski definition) is 3. The van der Waals surface area contributed by atoms with Gasteiger partial charge in [0.2, 0.25) is 11.8 Å². The normalized spacial score (nSPS) is 19.8. The van der Waals surface area contributed by atoms with Gasteiger partial charge in [-0.15, -0.1) is 0 Å². The van der Waals surface area contributed by atoms with Crippen LogP contribution in [0.15, 0.2) is 54.7 Å². The molecule has 0 spiro atoms. The Morgan fingerprint density at radius 3 is 2.54 bits per heavy atom. The number of rotatable bonds is 10. The van der Waals surface area contributed by atoms with Gasteiger partial charge in [-0.25, -0.2) is 0 Å². The zero-order valence-corrected chi connectivity index (χ0v) is 23.0. The summed E-state index contributed by atoms with van der Waals surface area (Å²) in [6.07, 6.45) is 8.14. The number of amides is 2. The fourth-order valence-corrected chi connectivity index (χ4v) is 6.05. The van der Waals surface area contributed by atoms with Crippen LogP contribution >= 0.6 is 11.6 Å². The van der Waals surface area contributed by atoms with E-state index in [2.05, 4.69) is 64.7 Å². The highest BCUT2D eigenvalue weighted by atomic mass is 35.5. The average molecular weight is 523 g/mol. The number of aromatic nitrogens is 1. The van der Waals surface area contributed by atoms with Crippen LogP contribution in [0.4, 0.5) is 0 Å². The molecule has 2 N–H and O–H groups in total. The molecule has 0 bridgehead atoms. The first-order valence-corrected chi connectivity index (χ1v) is 13.7. The number of nitrogens with one attached hydrogen (secondary N) is 2. The molecule has 37 heavy (non-hydrogen) atoms. The van der Waals surface area contributed by atoms with Gasteiger partial charge in [-0.3, -0.25) is 9.59 Å². The molecule has 0 unspecified atom stereocenters. The van der Waals surface area contributed by atoms with Crippen molar-refractivity contribution < 1.29 is 9.59 Å². The third-order valence-electron chi connectivity index (χ3n) is 8.16. The summed E-state index contributed by atoms with van der Waals surface area (Å²) in [6.45, 7) is 0.655. The van der Waals surface area contributed by atoms with E-state index in [0.29, 0.717) is 6.54 Å². The molecule has 6 nitrogen and oxygen atoms in total. The first-order chi connectivity index (χ1) is 17.8. The summed E-state index contributed by atoms with van der Waals surface area (Å²) in [5, 5.41) is 4.61. The molecule has 1 aliphatic carbocycles. The van der Waals surface area contributed by atoms with Crippen molar-refractivity contribution in [3.05, 3.63) is 70.9 Å². The predicted octanol–water partition coefficient (Wildman–Crippen LogP) is 5.20. The highest BCUT2D eigenvalue weighted by Crippen LogP contribution is 2.38. The van der Waals surface area contributed by atoms with Crippen LogP contribution in [0.25, 0.3) is 10.9 Å². The van der Waals surface area contributed by atoms with Crippen molar-refractivity contribution in [3.8, 4) is 0 Å². The second-order valence-corrected chi connectivity index (χ2v) is 11.0. The van der Waals surface area contributed by atoms with Crippen molar-refractivity contribution in [2.24, 2.45) is 0 Å². The summed E-state index contributed by atoms with van der Waals surface area (Å²) in [4.78, 5) is 33.0. The van der Waals surface area contributed by atoms with Crippen LogP contribution in [0.5, 0.6) is 0 Å². The molecule has 0 radical (unpaired) electrons. The first kappa shape index (κ1) is 27.2. The summed E-state index contributed by atoms with van der Waals surface area (Å²) >= 11 is 6.27. The molecular formula is C30H39ClN4O2. The lowest BCUT2D eigenvalue weighted by Crippen LogP contribution is -2.53. The van der Waals surface area contributed by atoms with Crippen LogP contribution in [-0.2, 0) is 22.4 Å². The SMILES string of the molecule is CNC(=O)CCC(=O)N(CCc1c[nH]c2ccccc12)C1CCC(Cc2cccc(Cl)c2)(N(C)C)CC1. The Morgan fingerprint density at radius 1 is 1.08 bits per heavy atom. The molecule has 1 saturated carbocycles. The molecule has 4 rings (SSSR count). The van der Waals surface area contributed by atoms with E-state index >= 15 is 0 Å². The largest absolute Gasteiger partial charge is 0.361 e. The number of likely N-dealkylation sites (N-methyl/N-ethyl adjacent to an activating group) is 1. The van der Waals surface area contributed by atoms with Crippen molar-refractivity contribution in [2.75, 3.05) is 27.7 Å². The zero-order chi connectivity index (χ0) is 26.4. The maximum Gasteiger partial charge on any atom is 0.223 e. The van der Waals surface area contributed by atoms with Crippen molar-refractivity contribution >= 4 is 34.3 Å². The number of para-hydroxylation sites is 1. The summed E-state index contributed by atoms with van der Waals surface area (Å²) in [5.41, 5.74) is 3.62. The second-order valence-electron chi connectivity index (χ2n) is 10.5. The number of H-pyrrole nitrogens is 1. The molecule has 0 atom stereocenters. The van der Waals surface area contributed by atoms with E-state index in [1.54, 1.807) is 7.05 Å². The molecule has 1 heterocycles. The molecule has 1 aliphatic rings. The van der Waals surface area contributed by atoms with Gasteiger partial charge >= 0.3 is 0 Å². The first-order valence-electron chi connectivity index (χ1n) is 13.3. The predicted molar refractivity (Wildman–Crippen MR) is 151 cm³/mol. The minimum atomic E-state index is -0.0956. The summed E-state index contributed by atoms with van der Waals surface area (Å²) in [5.74, 6) is -0.0256. The Morgan fingerprint density at radius 2 is 1.84 bits per heavy atom. The topological polar surface area (TPSA) is 68.4 Å². The van der Waals surface area contributed by atoms with E-state index in [1.807, 2.05) is 24.3 Å². The van der Waals surface area contributed by atoms with E-state index in [0.717, 1.165) is 49.1 Å². The molecule has 1 fully saturated rings. The van der Waals surface area contributed by atoms with Crippen LogP contribution in [0, 0.1) is 0 Å². The van der Waals surface area contributed by atoms with Crippen molar-refractivity contribution in [1.82, 2.24) is 20.1 Å². The molecule has 3 aromatic rings. The Labute approximate surface area is 225 Å². The Kier molecular flexibility index (Phi) is 8.93. The molecular weight excluding hydrogens is 484 g/mol. The van der Waals surface area contributed by atoms with Crippen LogP contribution < -0.4 is 5.32 Å². The maximum absolute atomic E-state index is 13.4. The van der Waals surface area contributed by atoms with E-state index in [9.17, 15) is 9.59 Å². The van der Waals surface area contributed by atoms with E-state index in [4.69, 9.17) is 11.6 Å². The van der Waals surface area contributed by atoms with Crippen LogP contribution in [0.1, 0.15) is 49.7 Å². The van der Waals surface area contributed by atoms with Crippen LogP contribution in [0.3, 0.4) is 0 Å². The van der Waals surface area contributed by atoms with Gasteiger partial charge in [0.05, 0.1) is 0 Å². The number of nitrogens with zero attached hydrogens (tertiary/aromatic N) is 2. The Balaban J connectivity index is 1.48. The van der Waals surface area contributed by atoms with Crippen LogP contribution in [-0.4, -0.2) is 65.9 Å². The Hall–Kier alpha value is -2.83. The van der Waals surface area contributed by atoms with E-state index in [-0.39, 0.29) is 36.2 Å². The number of carbonyl (C=O) groups is 2. The van der Waals surface area contributed by atoms with Crippen molar-refractivity contribution in [2.45, 2.75) is 62.9 Å².